The van der Waals surface area contributed by atoms with E-state index in [1.54, 1.807) is 6.08 Å². The first-order chi connectivity index (χ1) is 7.22. The maximum atomic E-state index is 11.5. The van der Waals surface area contributed by atoms with Crippen molar-refractivity contribution in [1.29, 1.82) is 0 Å². The molecule has 80 valence electrons. The number of ether oxygens (including phenoxy) is 1. The number of hydrogen-bond acceptors (Lipinski definition) is 2. The Bertz CT molecular complexity index is 322. The van der Waals surface area contributed by atoms with E-state index in [1.165, 1.54) is 0 Å². The standard InChI is InChI=1S/C12H14O2Se/c1-3-7-10(2)14-12(13)15-11-8-5-4-6-9-11/h3-6,8-10H,1,7H2,2H3. The molecule has 3 heteroatoms. The number of carbonyl (C=O) groups excluding carboxylic acids is 1. The van der Waals surface area contributed by atoms with Crippen LogP contribution >= 0.6 is 0 Å². The van der Waals surface area contributed by atoms with Crippen molar-refractivity contribution < 1.29 is 9.53 Å². The van der Waals surface area contributed by atoms with E-state index in [0.717, 1.165) is 4.46 Å². The summed E-state index contributed by atoms with van der Waals surface area (Å²) in [6.07, 6.45) is 2.39. The molecule has 0 saturated carbocycles. The fourth-order valence-electron chi connectivity index (χ4n) is 1.06. The van der Waals surface area contributed by atoms with Gasteiger partial charge in [-0.15, -0.1) is 0 Å². The first-order valence-electron chi connectivity index (χ1n) is 4.76. The van der Waals surface area contributed by atoms with Crippen molar-refractivity contribution >= 4 is 24.3 Å². The van der Waals surface area contributed by atoms with Crippen molar-refractivity contribution in [3.05, 3.63) is 43.0 Å². The topological polar surface area (TPSA) is 26.3 Å². The summed E-state index contributed by atoms with van der Waals surface area (Å²) >= 11 is -0.239. The van der Waals surface area contributed by atoms with Crippen molar-refractivity contribution in [2.45, 2.75) is 19.4 Å². The van der Waals surface area contributed by atoms with Crippen molar-refractivity contribution in [1.82, 2.24) is 0 Å². The van der Waals surface area contributed by atoms with Crippen LogP contribution < -0.4 is 4.46 Å². The molecular weight excluding hydrogens is 255 g/mol. The normalized spacial score (nSPS) is 11.8. The van der Waals surface area contributed by atoms with Crippen molar-refractivity contribution in [3.63, 3.8) is 0 Å². The van der Waals surface area contributed by atoms with Crippen LogP contribution in [0.4, 0.5) is 4.79 Å². The van der Waals surface area contributed by atoms with Crippen LogP contribution in [0.5, 0.6) is 0 Å². The fourth-order valence-corrected chi connectivity index (χ4v) is 2.52. The zero-order chi connectivity index (χ0) is 11.1. The Balaban J connectivity index is 2.39. The Kier molecular flexibility index (Phi) is 5.16. The summed E-state index contributed by atoms with van der Waals surface area (Å²) in [4.78, 5) is 11.3. The molecule has 0 saturated heterocycles. The molecule has 0 aromatic heterocycles. The van der Waals surface area contributed by atoms with E-state index in [0.29, 0.717) is 6.42 Å². The van der Waals surface area contributed by atoms with Gasteiger partial charge in [0.05, 0.1) is 0 Å². The van der Waals surface area contributed by atoms with Crippen LogP contribution in [-0.2, 0) is 4.74 Å². The van der Waals surface area contributed by atoms with Gasteiger partial charge in [-0.2, -0.15) is 0 Å². The SMILES string of the molecule is C=CCC(C)OC(=O)[Se]c1ccccc1. The van der Waals surface area contributed by atoms with Gasteiger partial charge in [0.25, 0.3) is 0 Å². The summed E-state index contributed by atoms with van der Waals surface area (Å²) in [5, 5.41) is 0. The van der Waals surface area contributed by atoms with Gasteiger partial charge < -0.3 is 0 Å². The fraction of sp³-hybridized carbons (Fsp3) is 0.250. The summed E-state index contributed by atoms with van der Waals surface area (Å²) in [6, 6.07) is 9.68. The number of rotatable bonds is 5. The van der Waals surface area contributed by atoms with Gasteiger partial charge in [-0.1, -0.05) is 0 Å². The van der Waals surface area contributed by atoms with Gasteiger partial charge in [-0.05, 0) is 0 Å². The van der Waals surface area contributed by atoms with Gasteiger partial charge in [0.15, 0.2) is 0 Å². The zero-order valence-corrected chi connectivity index (χ0v) is 10.4. The quantitative estimate of drug-likeness (QED) is 0.604. The Hall–Kier alpha value is -1.05. The van der Waals surface area contributed by atoms with Gasteiger partial charge in [-0.3, -0.25) is 0 Å². The summed E-state index contributed by atoms with van der Waals surface area (Å²) in [5.41, 5.74) is 0. The molecule has 0 aliphatic heterocycles. The van der Waals surface area contributed by atoms with Crippen LogP contribution in [0.2, 0.25) is 0 Å². The monoisotopic (exact) mass is 270 g/mol. The minimum absolute atomic E-state index is 0.0689. The second-order valence-electron chi connectivity index (χ2n) is 3.12. The van der Waals surface area contributed by atoms with Gasteiger partial charge in [0.2, 0.25) is 0 Å². The minimum atomic E-state index is -0.239. The molecule has 0 N–H and O–H groups in total. The Morgan fingerprint density at radius 2 is 2.20 bits per heavy atom. The molecule has 0 radical (unpaired) electrons. The Labute approximate surface area is 96.5 Å². The third-order valence-electron chi connectivity index (χ3n) is 1.74. The summed E-state index contributed by atoms with van der Waals surface area (Å²) in [5.74, 6) is 0. The van der Waals surface area contributed by atoms with Crippen LogP contribution in [0.25, 0.3) is 0 Å². The number of benzene rings is 1. The molecule has 0 aliphatic rings. The average molecular weight is 269 g/mol. The summed E-state index contributed by atoms with van der Waals surface area (Å²) in [6.45, 7) is 5.48. The van der Waals surface area contributed by atoms with E-state index in [-0.39, 0.29) is 25.9 Å². The molecule has 0 spiro atoms. The van der Waals surface area contributed by atoms with Crippen LogP contribution in [0.3, 0.4) is 0 Å². The maximum absolute atomic E-state index is 11.5. The molecule has 2 nitrogen and oxygen atoms in total. The van der Waals surface area contributed by atoms with E-state index < -0.39 is 0 Å². The van der Waals surface area contributed by atoms with E-state index in [2.05, 4.69) is 6.58 Å². The predicted molar refractivity (Wildman–Crippen MR) is 62.6 cm³/mol. The second-order valence-corrected chi connectivity index (χ2v) is 5.23. The molecule has 0 aliphatic carbocycles. The first kappa shape index (κ1) is 12.0. The third-order valence-corrected chi connectivity index (χ3v) is 3.36. The Morgan fingerprint density at radius 3 is 2.80 bits per heavy atom. The van der Waals surface area contributed by atoms with Crippen LogP contribution in [0, 0.1) is 0 Å². The molecule has 0 bridgehead atoms. The summed E-state index contributed by atoms with van der Waals surface area (Å²) in [7, 11) is 0. The second kappa shape index (κ2) is 6.44. The predicted octanol–water partition coefficient (Wildman–Crippen LogP) is 2.12. The number of carbonyl (C=O) groups is 1. The third kappa shape index (κ3) is 4.82. The van der Waals surface area contributed by atoms with Gasteiger partial charge in [0.1, 0.15) is 0 Å². The molecule has 1 aromatic carbocycles. The molecule has 0 heterocycles. The Morgan fingerprint density at radius 1 is 1.53 bits per heavy atom. The first-order valence-corrected chi connectivity index (χ1v) is 6.48. The zero-order valence-electron chi connectivity index (χ0n) is 8.68. The molecule has 0 amide bonds. The van der Waals surface area contributed by atoms with Crippen LogP contribution in [0.1, 0.15) is 13.3 Å². The van der Waals surface area contributed by atoms with E-state index in [1.807, 2.05) is 37.3 Å². The van der Waals surface area contributed by atoms with Crippen LogP contribution in [0.15, 0.2) is 43.0 Å². The molecule has 1 unspecified atom stereocenters. The summed E-state index contributed by atoms with van der Waals surface area (Å²) < 4.78 is 6.25. The van der Waals surface area contributed by atoms with E-state index in [4.69, 9.17) is 4.74 Å². The molecular formula is C12H14O2Se. The molecule has 15 heavy (non-hydrogen) atoms. The van der Waals surface area contributed by atoms with Crippen molar-refractivity contribution in [2.24, 2.45) is 0 Å². The van der Waals surface area contributed by atoms with Crippen molar-refractivity contribution in [3.8, 4) is 0 Å². The van der Waals surface area contributed by atoms with E-state index >= 15 is 0 Å². The van der Waals surface area contributed by atoms with E-state index in [9.17, 15) is 4.79 Å². The van der Waals surface area contributed by atoms with Gasteiger partial charge in [-0.25, -0.2) is 0 Å². The molecule has 1 atom stereocenters. The molecule has 1 rings (SSSR count). The van der Waals surface area contributed by atoms with Gasteiger partial charge in [0, 0.05) is 0 Å². The molecule has 0 fully saturated rings. The van der Waals surface area contributed by atoms with Crippen molar-refractivity contribution in [2.75, 3.05) is 0 Å². The van der Waals surface area contributed by atoms with Crippen LogP contribution in [-0.4, -0.2) is 25.9 Å². The number of hydrogen-bond donors (Lipinski definition) is 0. The van der Waals surface area contributed by atoms with Gasteiger partial charge >= 0.3 is 96.3 Å². The molecule has 1 aromatic rings. The average Bonchev–Trinajstić information content (AvgIpc) is 2.19.